The molecule has 3 N–H and O–H groups in total. The molecule has 0 saturated carbocycles. The van der Waals surface area contributed by atoms with Crippen LogP contribution in [-0.2, 0) is 14.3 Å². The van der Waals surface area contributed by atoms with Gasteiger partial charge in [-0.05, 0) is 77.0 Å². The van der Waals surface area contributed by atoms with Crippen LogP contribution in [0, 0.1) is 0 Å². The zero-order chi connectivity index (χ0) is 48.1. The fourth-order valence-corrected chi connectivity index (χ4v) is 9.25. The Kier molecular flexibility index (Phi) is 52.9. The van der Waals surface area contributed by atoms with E-state index in [0.29, 0.717) is 19.3 Å². The lowest BCUT2D eigenvalue weighted by Crippen LogP contribution is -2.46. The molecule has 0 spiro atoms. The maximum Gasteiger partial charge on any atom is 0.306 e. The molecule has 0 heterocycles. The minimum absolute atomic E-state index is 0.0761. The van der Waals surface area contributed by atoms with Crippen molar-refractivity contribution in [3.63, 3.8) is 0 Å². The predicted octanol–water partition coefficient (Wildman–Crippen LogP) is 18.2. The van der Waals surface area contributed by atoms with Gasteiger partial charge < -0.3 is 20.3 Å². The van der Waals surface area contributed by atoms with Gasteiger partial charge in [0, 0.05) is 6.42 Å². The second-order valence-electron chi connectivity index (χ2n) is 20.4. The van der Waals surface area contributed by atoms with Crippen LogP contribution in [0.5, 0.6) is 0 Å². The molecule has 0 aliphatic heterocycles. The number of hydrogen-bond acceptors (Lipinski definition) is 5. The molecule has 3 unspecified atom stereocenters. The van der Waals surface area contributed by atoms with Crippen LogP contribution in [0.1, 0.15) is 323 Å². The summed E-state index contributed by atoms with van der Waals surface area (Å²) in [5.74, 6) is -0.469. The van der Waals surface area contributed by atoms with Gasteiger partial charge in [0.2, 0.25) is 5.91 Å². The Labute approximate surface area is 411 Å². The first-order chi connectivity index (χ1) is 32.5. The molecule has 0 fully saturated rings. The molecule has 0 aromatic carbocycles. The number of rotatable bonds is 54. The largest absolute Gasteiger partial charge is 0.462 e. The molecule has 1 amide bonds. The zero-order valence-electron chi connectivity index (χ0n) is 44.6. The van der Waals surface area contributed by atoms with Crippen molar-refractivity contribution in [2.75, 3.05) is 6.61 Å². The molecule has 3 atom stereocenters. The number of nitrogens with one attached hydrogen (secondary N) is 1. The van der Waals surface area contributed by atoms with E-state index in [9.17, 15) is 19.8 Å². The number of esters is 1. The molecule has 0 radical (unpaired) electrons. The monoisotopic (exact) mass is 930 g/mol. The Morgan fingerprint density at radius 2 is 0.727 bits per heavy atom. The Bertz CT molecular complexity index is 1040. The molecular formula is C60H115NO5. The van der Waals surface area contributed by atoms with E-state index in [0.717, 1.165) is 57.8 Å². The van der Waals surface area contributed by atoms with Crippen LogP contribution < -0.4 is 5.32 Å². The molecule has 0 saturated heterocycles. The van der Waals surface area contributed by atoms with E-state index >= 15 is 0 Å². The van der Waals surface area contributed by atoms with Crippen molar-refractivity contribution in [1.29, 1.82) is 0 Å². The van der Waals surface area contributed by atoms with Crippen molar-refractivity contribution in [2.24, 2.45) is 0 Å². The number of allylic oxidation sites excluding steroid dienone is 4. The topological polar surface area (TPSA) is 95.9 Å². The number of ether oxygens (including phenoxy) is 1. The summed E-state index contributed by atoms with van der Waals surface area (Å²) in [6.07, 6.45) is 63.8. The van der Waals surface area contributed by atoms with Gasteiger partial charge in [0.15, 0.2) is 0 Å². The van der Waals surface area contributed by atoms with Crippen LogP contribution in [-0.4, -0.2) is 46.9 Å². The van der Waals surface area contributed by atoms with E-state index in [1.54, 1.807) is 0 Å². The third-order valence-electron chi connectivity index (χ3n) is 13.8. The molecule has 0 aliphatic rings. The molecule has 0 aromatic heterocycles. The summed E-state index contributed by atoms with van der Waals surface area (Å²) in [6.45, 7) is 6.51. The number of aliphatic hydroxyl groups is 2. The molecule has 66 heavy (non-hydrogen) atoms. The normalized spacial score (nSPS) is 13.2. The average molecular weight is 931 g/mol. The first-order valence-electron chi connectivity index (χ1n) is 29.6. The molecule has 0 aromatic rings. The number of unbranched alkanes of at least 4 members (excludes halogenated alkanes) is 38. The molecule has 0 rings (SSSR count). The lowest BCUT2D eigenvalue weighted by Gasteiger charge is -2.24. The number of carbonyl (C=O) groups excluding carboxylic acids is 2. The second-order valence-corrected chi connectivity index (χ2v) is 20.4. The smallest absolute Gasteiger partial charge is 0.306 e. The van der Waals surface area contributed by atoms with E-state index in [4.69, 9.17) is 4.74 Å². The van der Waals surface area contributed by atoms with E-state index in [1.165, 1.54) is 218 Å². The number of carbonyl (C=O) groups is 2. The molecule has 0 aliphatic carbocycles. The highest BCUT2D eigenvalue weighted by molar-refractivity contribution is 5.77. The molecule has 6 nitrogen and oxygen atoms in total. The molecule has 6 heteroatoms. The van der Waals surface area contributed by atoms with Crippen LogP contribution >= 0.6 is 0 Å². The van der Waals surface area contributed by atoms with E-state index in [-0.39, 0.29) is 24.9 Å². The third kappa shape index (κ3) is 48.8. The van der Waals surface area contributed by atoms with E-state index in [1.807, 2.05) is 0 Å². The number of hydrogen-bond donors (Lipinski definition) is 3. The van der Waals surface area contributed by atoms with Gasteiger partial charge in [0.05, 0.1) is 25.2 Å². The van der Waals surface area contributed by atoms with Gasteiger partial charge >= 0.3 is 5.97 Å². The van der Waals surface area contributed by atoms with Gasteiger partial charge in [-0.15, -0.1) is 0 Å². The van der Waals surface area contributed by atoms with Gasteiger partial charge in [0.25, 0.3) is 0 Å². The molecule has 0 bridgehead atoms. The Morgan fingerprint density at radius 1 is 0.424 bits per heavy atom. The first-order valence-corrected chi connectivity index (χ1v) is 29.6. The zero-order valence-corrected chi connectivity index (χ0v) is 44.6. The molecule has 390 valence electrons. The van der Waals surface area contributed by atoms with Crippen molar-refractivity contribution < 1.29 is 24.5 Å². The highest BCUT2D eigenvalue weighted by atomic mass is 16.5. The van der Waals surface area contributed by atoms with Crippen LogP contribution in [0.4, 0.5) is 0 Å². The summed E-state index contributed by atoms with van der Waals surface area (Å²) in [5, 5.41) is 23.9. The minimum atomic E-state index is -0.788. The van der Waals surface area contributed by atoms with Crippen molar-refractivity contribution in [3.05, 3.63) is 24.3 Å². The minimum Gasteiger partial charge on any atom is -0.462 e. The predicted molar refractivity (Wildman–Crippen MR) is 287 cm³/mol. The number of amides is 1. The van der Waals surface area contributed by atoms with Crippen LogP contribution in [0.3, 0.4) is 0 Å². The van der Waals surface area contributed by atoms with Crippen LogP contribution in [0.15, 0.2) is 24.3 Å². The standard InChI is InChI=1S/C60H115NO5/c1-4-7-10-13-16-19-22-25-28-30-31-33-36-39-42-45-48-51-56(66-60(65)53-50-47-44-41-38-35-32-29-26-23-20-17-14-11-8-5-2)54-59(64)61-57(55-62)58(63)52-49-46-43-40-37-34-27-24-21-18-15-12-9-6-3/h25,28-29,32,56-58,62-63H,4-24,26-27,30-31,33-55H2,1-3H3,(H,61,64)/b28-25+,32-29+. The van der Waals surface area contributed by atoms with Crippen molar-refractivity contribution >= 4 is 11.9 Å². The van der Waals surface area contributed by atoms with Gasteiger partial charge in [-0.1, -0.05) is 257 Å². The summed E-state index contributed by atoms with van der Waals surface area (Å²) < 4.78 is 5.97. The average Bonchev–Trinajstić information content (AvgIpc) is 3.31. The van der Waals surface area contributed by atoms with Crippen LogP contribution in [0.2, 0.25) is 0 Å². The quantitative estimate of drug-likeness (QED) is 0.0321. The van der Waals surface area contributed by atoms with E-state index in [2.05, 4.69) is 50.4 Å². The second kappa shape index (κ2) is 54.3. The summed E-state index contributed by atoms with van der Waals surface area (Å²) in [6, 6.07) is -0.702. The Morgan fingerprint density at radius 3 is 1.08 bits per heavy atom. The van der Waals surface area contributed by atoms with Gasteiger partial charge in [-0.2, -0.15) is 0 Å². The fraction of sp³-hybridized carbons (Fsp3) is 0.900. The molecular weight excluding hydrogens is 815 g/mol. The SMILES string of the molecule is CCCCCCCC/C=C/CCCCCCCCCC(CC(=O)NC(CO)C(O)CCCCCCCCCCCCCCCC)OC(=O)CCCCCCC/C=C/CCCCCCCCC. The van der Waals surface area contributed by atoms with Gasteiger partial charge in [-0.25, -0.2) is 0 Å². The Balaban J connectivity index is 4.55. The highest BCUT2D eigenvalue weighted by Gasteiger charge is 2.24. The maximum atomic E-state index is 13.3. The van der Waals surface area contributed by atoms with Crippen LogP contribution in [0.25, 0.3) is 0 Å². The summed E-state index contributed by atoms with van der Waals surface area (Å²) in [7, 11) is 0. The van der Waals surface area contributed by atoms with E-state index < -0.39 is 18.2 Å². The summed E-state index contributed by atoms with van der Waals surface area (Å²) >= 11 is 0. The van der Waals surface area contributed by atoms with Crippen molar-refractivity contribution in [1.82, 2.24) is 5.32 Å². The van der Waals surface area contributed by atoms with Crippen molar-refractivity contribution in [2.45, 2.75) is 341 Å². The fourth-order valence-electron chi connectivity index (χ4n) is 9.25. The van der Waals surface area contributed by atoms with Crippen molar-refractivity contribution in [3.8, 4) is 0 Å². The lowest BCUT2D eigenvalue weighted by atomic mass is 10.0. The first kappa shape index (κ1) is 64.3. The summed E-state index contributed by atoms with van der Waals surface area (Å²) in [4.78, 5) is 26.3. The number of aliphatic hydroxyl groups excluding tert-OH is 2. The lowest BCUT2D eigenvalue weighted by molar-refractivity contribution is -0.151. The van der Waals surface area contributed by atoms with Gasteiger partial charge in [-0.3, -0.25) is 9.59 Å². The summed E-state index contributed by atoms with van der Waals surface area (Å²) in [5.41, 5.74) is 0. The highest BCUT2D eigenvalue weighted by Crippen LogP contribution is 2.19. The third-order valence-corrected chi connectivity index (χ3v) is 13.8. The maximum absolute atomic E-state index is 13.3. The Hall–Kier alpha value is -1.66. The van der Waals surface area contributed by atoms with Gasteiger partial charge in [0.1, 0.15) is 6.10 Å².